The molecule has 7 heavy (non-hydrogen) atoms. The summed E-state index contributed by atoms with van der Waals surface area (Å²) in [7, 11) is 0. The van der Waals surface area contributed by atoms with Crippen LogP contribution in [0, 0.1) is 0 Å². The van der Waals surface area contributed by atoms with Gasteiger partial charge in [0.2, 0.25) is 0 Å². The molecule has 3 heteroatoms. The summed E-state index contributed by atoms with van der Waals surface area (Å²) in [5.41, 5.74) is 4.95. The minimum atomic E-state index is -1.18. The second-order valence-corrected chi connectivity index (χ2v) is 1.33. The first-order valence-electron chi connectivity index (χ1n) is 2.15. The van der Waals surface area contributed by atoms with Crippen LogP contribution in [-0.2, 0) is 4.79 Å². The van der Waals surface area contributed by atoms with E-state index in [4.69, 9.17) is 5.73 Å². The molecule has 0 fully saturated rings. The van der Waals surface area contributed by atoms with Gasteiger partial charge < -0.3 is 15.6 Å². The zero-order chi connectivity index (χ0) is 5.86. The number of aliphatic carboxylic acids is 1. The predicted octanol–water partition coefficient (Wildman–Crippen LogP) is -1.53. The zero-order valence-corrected chi connectivity index (χ0v) is 4.18. The van der Waals surface area contributed by atoms with Crippen LogP contribution in [-0.4, -0.2) is 12.0 Å². The lowest BCUT2D eigenvalue weighted by atomic mass is 10.2. The number of carbonyl (C=O) groups is 1. The van der Waals surface area contributed by atoms with Crippen molar-refractivity contribution in [1.29, 1.82) is 0 Å². The molecule has 0 radical (unpaired) electrons. The Bertz CT molecular complexity index is 72.1. The zero-order valence-electron chi connectivity index (χ0n) is 4.18. The van der Waals surface area contributed by atoms with Gasteiger partial charge in [0.25, 0.3) is 0 Å². The Morgan fingerprint density at radius 3 is 2.43 bits per heavy atom. The fraction of sp³-hybridized carbons (Fsp3) is 0.750. The van der Waals surface area contributed by atoms with Gasteiger partial charge in [0.15, 0.2) is 0 Å². The Hall–Kier alpha value is -0.570. The second-order valence-electron chi connectivity index (χ2n) is 1.33. The van der Waals surface area contributed by atoms with E-state index >= 15 is 0 Å². The third-order valence-corrected chi connectivity index (χ3v) is 0.743. The van der Waals surface area contributed by atoms with Crippen molar-refractivity contribution in [1.82, 2.24) is 0 Å². The van der Waals surface area contributed by atoms with Gasteiger partial charge in [-0.25, -0.2) is 0 Å². The van der Waals surface area contributed by atoms with Crippen LogP contribution in [0.1, 0.15) is 13.3 Å². The van der Waals surface area contributed by atoms with Crippen molar-refractivity contribution in [3.8, 4) is 0 Å². The molecule has 0 heterocycles. The van der Waals surface area contributed by atoms with Crippen LogP contribution < -0.4 is 10.8 Å². The third kappa shape index (κ3) is 2.17. The first kappa shape index (κ1) is 6.43. The van der Waals surface area contributed by atoms with E-state index in [1.54, 1.807) is 6.92 Å². The van der Waals surface area contributed by atoms with Gasteiger partial charge in [-0.3, -0.25) is 0 Å². The van der Waals surface area contributed by atoms with Crippen LogP contribution >= 0.6 is 0 Å². The maximum absolute atomic E-state index is 9.69. The number of carboxylic acids is 1. The Morgan fingerprint density at radius 2 is 2.43 bits per heavy atom. The average Bonchev–Trinajstić information content (AvgIpc) is 1.65. The summed E-state index contributed by atoms with van der Waals surface area (Å²) in [6, 6.07) is -0.792. The van der Waals surface area contributed by atoms with Gasteiger partial charge >= 0.3 is 0 Å². The molecule has 0 saturated heterocycles. The molecule has 0 aliphatic heterocycles. The number of hydrogen-bond acceptors (Lipinski definition) is 3. The van der Waals surface area contributed by atoms with Gasteiger partial charge in [0, 0.05) is 6.04 Å². The van der Waals surface area contributed by atoms with E-state index in [1.807, 2.05) is 0 Å². The molecule has 0 aliphatic carbocycles. The van der Waals surface area contributed by atoms with Crippen molar-refractivity contribution in [2.24, 2.45) is 5.73 Å². The van der Waals surface area contributed by atoms with Crippen LogP contribution in [0.5, 0.6) is 0 Å². The van der Waals surface area contributed by atoms with E-state index in [1.165, 1.54) is 0 Å². The van der Waals surface area contributed by atoms with Crippen molar-refractivity contribution in [3.63, 3.8) is 0 Å². The Kier molecular flexibility index (Phi) is 2.37. The van der Waals surface area contributed by atoms with Crippen molar-refractivity contribution in [3.05, 3.63) is 0 Å². The number of hydrogen-bond donors (Lipinski definition) is 1. The minimum Gasteiger partial charge on any atom is -0.548 e. The normalized spacial score (nSPS) is 13.4. The minimum absolute atomic E-state index is 0.433. The van der Waals surface area contributed by atoms with Crippen molar-refractivity contribution in [2.45, 2.75) is 19.4 Å². The fourth-order valence-electron chi connectivity index (χ4n) is 0.167. The van der Waals surface area contributed by atoms with E-state index in [-0.39, 0.29) is 0 Å². The van der Waals surface area contributed by atoms with Gasteiger partial charge in [-0.05, 0) is 6.42 Å². The van der Waals surface area contributed by atoms with E-state index in [0.717, 1.165) is 0 Å². The predicted molar refractivity (Wildman–Crippen MR) is 23.3 cm³/mol. The SMILES string of the molecule is CC[C@@H](N)C(=O)[O-]. The average molecular weight is 102 g/mol. The number of nitrogens with two attached hydrogens (primary N) is 1. The van der Waals surface area contributed by atoms with Gasteiger partial charge in [0.05, 0.1) is 5.97 Å². The highest BCUT2D eigenvalue weighted by atomic mass is 16.4. The molecule has 3 nitrogen and oxygen atoms in total. The van der Waals surface area contributed by atoms with E-state index in [9.17, 15) is 9.90 Å². The first-order chi connectivity index (χ1) is 3.18. The maximum Gasteiger partial charge on any atom is 0.0582 e. The number of carbonyl (C=O) groups excluding carboxylic acids is 1. The Balaban J connectivity index is 3.34. The van der Waals surface area contributed by atoms with Gasteiger partial charge in [0.1, 0.15) is 0 Å². The standard InChI is InChI=1S/C4H9NO2/c1-2-3(5)4(6)7/h3H,2,5H2,1H3,(H,6,7)/p-1/t3-/m1/s1. The van der Waals surface area contributed by atoms with E-state index < -0.39 is 12.0 Å². The summed E-state index contributed by atoms with van der Waals surface area (Å²) in [5.74, 6) is -1.18. The van der Waals surface area contributed by atoms with Crippen molar-refractivity contribution >= 4 is 5.97 Å². The van der Waals surface area contributed by atoms with E-state index in [0.29, 0.717) is 6.42 Å². The first-order valence-corrected chi connectivity index (χ1v) is 2.15. The molecule has 0 aromatic rings. The fourth-order valence-corrected chi connectivity index (χ4v) is 0.167. The van der Waals surface area contributed by atoms with Gasteiger partial charge in [-0.2, -0.15) is 0 Å². The summed E-state index contributed by atoms with van der Waals surface area (Å²) >= 11 is 0. The lowest BCUT2D eigenvalue weighted by Gasteiger charge is -2.06. The van der Waals surface area contributed by atoms with Crippen molar-refractivity contribution in [2.75, 3.05) is 0 Å². The summed E-state index contributed by atoms with van der Waals surface area (Å²) in [5, 5.41) is 9.69. The molecule has 0 unspecified atom stereocenters. The molecular weight excluding hydrogens is 94.0 g/mol. The lowest BCUT2D eigenvalue weighted by molar-refractivity contribution is -0.307. The quantitative estimate of drug-likeness (QED) is 0.460. The van der Waals surface area contributed by atoms with E-state index in [2.05, 4.69) is 0 Å². The van der Waals surface area contributed by atoms with Crippen LogP contribution in [0.3, 0.4) is 0 Å². The molecule has 0 spiro atoms. The van der Waals surface area contributed by atoms with Crippen LogP contribution in [0.15, 0.2) is 0 Å². The molecule has 0 aliphatic rings. The van der Waals surface area contributed by atoms with Crippen LogP contribution in [0.4, 0.5) is 0 Å². The molecule has 1 atom stereocenters. The topological polar surface area (TPSA) is 66.2 Å². The Labute approximate surface area is 42.1 Å². The van der Waals surface area contributed by atoms with Gasteiger partial charge in [-0.1, -0.05) is 6.92 Å². The summed E-state index contributed by atoms with van der Waals surface area (Å²) < 4.78 is 0. The molecule has 0 saturated carbocycles. The number of rotatable bonds is 2. The van der Waals surface area contributed by atoms with Gasteiger partial charge in [-0.15, -0.1) is 0 Å². The Morgan fingerprint density at radius 1 is 2.00 bits per heavy atom. The monoisotopic (exact) mass is 102 g/mol. The summed E-state index contributed by atoms with van der Waals surface area (Å²) in [6.45, 7) is 1.69. The molecular formula is C4H8NO2-. The third-order valence-electron chi connectivity index (χ3n) is 0.743. The van der Waals surface area contributed by atoms with Crippen LogP contribution in [0.25, 0.3) is 0 Å². The summed E-state index contributed by atoms with van der Waals surface area (Å²) in [4.78, 5) is 9.69. The smallest absolute Gasteiger partial charge is 0.0582 e. The number of carboxylic acid groups (broad SMARTS) is 1. The summed E-state index contributed by atoms with van der Waals surface area (Å²) in [6.07, 6.45) is 0.433. The highest BCUT2D eigenvalue weighted by Gasteiger charge is 1.94. The molecule has 42 valence electrons. The highest BCUT2D eigenvalue weighted by molar-refractivity contribution is 5.70. The second kappa shape index (κ2) is 2.58. The van der Waals surface area contributed by atoms with Crippen LogP contribution in [0.2, 0.25) is 0 Å². The lowest BCUT2D eigenvalue weighted by Crippen LogP contribution is -2.41. The molecule has 0 aromatic heterocycles. The maximum atomic E-state index is 9.69. The molecule has 0 aromatic carbocycles. The molecule has 0 amide bonds. The largest absolute Gasteiger partial charge is 0.548 e. The molecule has 2 N–H and O–H groups in total. The molecule has 0 bridgehead atoms. The highest BCUT2D eigenvalue weighted by Crippen LogP contribution is 1.79. The van der Waals surface area contributed by atoms with Crippen molar-refractivity contribution < 1.29 is 9.90 Å². The molecule has 0 rings (SSSR count).